The maximum Gasteiger partial charge on any atom is 0.433 e. The van der Waals surface area contributed by atoms with Crippen molar-refractivity contribution in [1.82, 2.24) is 5.32 Å². The van der Waals surface area contributed by atoms with Gasteiger partial charge in [0, 0.05) is 0 Å². The predicted octanol–water partition coefficient (Wildman–Crippen LogP) is 9.87. The number of carbonyl (C=O) groups is 3. The summed E-state index contributed by atoms with van der Waals surface area (Å²) in [6, 6.07) is 16.2. The smallest absolute Gasteiger partial charge is 0.433 e. The van der Waals surface area contributed by atoms with Crippen molar-refractivity contribution in [3.05, 3.63) is 70.8 Å². The van der Waals surface area contributed by atoms with E-state index in [2.05, 4.69) is 88.0 Å². The van der Waals surface area contributed by atoms with E-state index < -0.39 is 17.5 Å². The molecule has 258 valence electrons. The summed E-state index contributed by atoms with van der Waals surface area (Å²) in [5, 5.41) is 14.7. The van der Waals surface area contributed by atoms with Gasteiger partial charge in [-0.05, 0) is 92.5 Å². The standard InChI is InChI=1S/C14H22.C13H24N2O4.C11H14O2/c1-6-11(2)12-7-9-13(10-8-12)14(3,4)5;1-6-10(3)15-19-12(17)14-8-9-18-11(16)13(4,5)7-2;1-3-8(2)9-4-6-10(7-5-9)11(12)13/h7-11H,6H2,1-5H3;6-9H2,1-5H3,(H,14,17);4-8H,3H2,1-2H3,(H,12,13)/b;15-10-;. The van der Waals surface area contributed by atoms with E-state index in [-0.39, 0.29) is 24.5 Å². The number of hydrogen-bond donors (Lipinski definition) is 2. The Hall–Kier alpha value is -3.68. The molecule has 8 heteroatoms. The number of oxime groups is 1. The summed E-state index contributed by atoms with van der Waals surface area (Å²) >= 11 is 0. The van der Waals surface area contributed by atoms with Crippen LogP contribution in [-0.2, 0) is 19.8 Å². The first-order chi connectivity index (χ1) is 21.4. The van der Waals surface area contributed by atoms with Gasteiger partial charge in [-0.15, -0.1) is 0 Å². The van der Waals surface area contributed by atoms with Gasteiger partial charge in [0.2, 0.25) is 0 Å². The molecule has 1 amide bonds. The van der Waals surface area contributed by atoms with Crippen LogP contribution >= 0.6 is 0 Å². The van der Waals surface area contributed by atoms with Crippen molar-refractivity contribution >= 4 is 23.7 Å². The van der Waals surface area contributed by atoms with Crippen LogP contribution in [0.4, 0.5) is 4.79 Å². The largest absolute Gasteiger partial charge is 0.478 e. The molecule has 0 heterocycles. The van der Waals surface area contributed by atoms with Crippen LogP contribution < -0.4 is 5.32 Å². The second-order valence-corrected chi connectivity index (χ2v) is 13.3. The van der Waals surface area contributed by atoms with Crippen LogP contribution in [0, 0.1) is 5.41 Å². The number of carboxylic acid groups (broad SMARTS) is 1. The van der Waals surface area contributed by atoms with Crippen molar-refractivity contribution in [3.8, 4) is 0 Å². The van der Waals surface area contributed by atoms with E-state index in [0.29, 0.717) is 23.8 Å². The van der Waals surface area contributed by atoms with Gasteiger partial charge >= 0.3 is 18.0 Å². The van der Waals surface area contributed by atoms with E-state index in [1.54, 1.807) is 19.1 Å². The van der Waals surface area contributed by atoms with Crippen LogP contribution in [0.5, 0.6) is 0 Å². The van der Waals surface area contributed by atoms with Crippen LogP contribution in [0.15, 0.2) is 53.7 Å². The lowest BCUT2D eigenvalue weighted by Crippen LogP contribution is -2.31. The minimum absolute atomic E-state index is 0.119. The summed E-state index contributed by atoms with van der Waals surface area (Å²) in [4.78, 5) is 37.9. The average molecular weight is 641 g/mol. The number of benzene rings is 2. The summed E-state index contributed by atoms with van der Waals surface area (Å²) in [7, 11) is 0. The van der Waals surface area contributed by atoms with Crippen LogP contribution in [0.3, 0.4) is 0 Å². The fraction of sp³-hybridized carbons (Fsp3) is 0.579. The van der Waals surface area contributed by atoms with Crippen LogP contribution in [-0.4, -0.2) is 42.0 Å². The maximum atomic E-state index is 11.6. The van der Waals surface area contributed by atoms with Gasteiger partial charge in [-0.25, -0.2) is 9.59 Å². The quantitative estimate of drug-likeness (QED) is 0.0785. The number of hydrogen-bond acceptors (Lipinski definition) is 6. The number of esters is 1. The maximum absolute atomic E-state index is 11.6. The third-order valence-corrected chi connectivity index (χ3v) is 8.13. The van der Waals surface area contributed by atoms with Crippen molar-refractivity contribution in [3.63, 3.8) is 0 Å². The fourth-order valence-electron chi connectivity index (χ4n) is 3.59. The summed E-state index contributed by atoms with van der Waals surface area (Å²) in [5.74, 6) is 0.0487. The van der Waals surface area contributed by atoms with E-state index in [9.17, 15) is 14.4 Å². The van der Waals surface area contributed by atoms with Crippen LogP contribution in [0.2, 0.25) is 0 Å². The fourth-order valence-corrected chi connectivity index (χ4v) is 3.59. The van der Waals surface area contributed by atoms with Crippen molar-refractivity contribution < 1.29 is 29.1 Å². The third kappa shape index (κ3) is 16.6. The Balaban J connectivity index is 0.000000674. The molecular weight excluding hydrogens is 580 g/mol. The molecule has 0 bridgehead atoms. The first-order valence-corrected chi connectivity index (χ1v) is 16.5. The minimum Gasteiger partial charge on any atom is -0.478 e. The minimum atomic E-state index is -0.865. The molecule has 46 heavy (non-hydrogen) atoms. The highest BCUT2D eigenvalue weighted by atomic mass is 16.7. The molecule has 0 spiro atoms. The molecule has 2 unspecified atom stereocenters. The monoisotopic (exact) mass is 640 g/mol. The zero-order valence-electron chi connectivity index (χ0n) is 30.5. The zero-order chi connectivity index (χ0) is 35.5. The lowest BCUT2D eigenvalue weighted by molar-refractivity contribution is -0.153. The number of carbonyl (C=O) groups excluding carboxylic acids is 2. The van der Waals surface area contributed by atoms with Crippen LogP contribution in [0.25, 0.3) is 0 Å². The Morgan fingerprint density at radius 2 is 1.30 bits per heavy atom. The van der Waals surface area contributed by atoms with E-state index in [0.717, 1.165) is 18.6 Å². The second kappa shape index (κ2) is 21.2. The molecule has 0 aromatic heterocycles. The molecule has 0 aliphatic heterocycles. The lowest BCUT2D eigenvalue weighted by Gasteiger charge is -2.20. The predicted molar refractivity (Wildman–Crippen MR) is 189 cm³/mol. The molecule has 2 rings (SSSR count). The number of ether oxygens (including phenoxy) is 1. The van der Waals surface area contributed by atoms with Crippen molar-refractivity contribution in [2.24, 2.45) is 10.6 Å². The van der Waals surface area contributed by atoms with E-state index in [1.165, 1.54) is 23.1 Å². The van der Waals surface area contributed by atoms with Gasteiger partial charge in [0.05, 0.1) is 23.2 Å². The molecular formula is C38H60N2O6. The van der Waals surface area contributed by atoms with Gasteiger partial charge in [-0.1, -0.05) is 104 Å². The van der Waals surface area contributed by atoms with Gasteiger partial charge in [0.25, 0.3) is 0 Å². The molecule has 2 aromatic rings. The topological polar surface area (TPSA) is 114 Å². The first-order valence-electron chi connectivity index (χ1n) is 16.5. The first kappa shape index (κ1) is 42.3. The lowest BCUT2D eigenvalue weighted by atomic mass is 9.85. The number of rotatable bonds is 12. The van der Waals surface area contributed by atoms with Crippen molar-refractivity contribution in [2.45, 2.75) is 126 Å². The van der Waals surface area contributed by atoms with Gasteiger partial charge < -0.3 is 15.2 Å². The average Bonchev–Trinajstić information content (AvgIpc) is 3.04. The Morgan fingerprint density at radius 3 is 1.70 bits per heavy atom. The van der Waals surface area contributed by atoms with Gasteiger partial charge in [0.15, 0.2) is 0 Å². The third-order valence-electron chi connectivity index (χ3n) is 8.13. The molecule has 0 radical (unpaired) electrons. The highest BCUT2D eigenvalue weighted by Crippen LogP contribution is 2.25. The molecule has 2 aromatic carbocycles. The van der Waals surface area contributed by atoms with Crippen molar-refractivity contribution in [1.29, 1.82) is 0 Å². The molecule has 2 atom stereocenters. The molecule has 0 fully saturated rings. The number of amides is 1. The summed E-state index contributed by atoms with van der Waals surface area (Å²) in [6.07, 6.45) is 3.06. The van der Waals surface area contributed by atoms with E-state index in [1.807, 2.05) is 39.8 Å². The Kier molecular flexibility index (Phi) is 19.5. The van der Waals surface area contributed by atoms with E-state index in [4.69, 9.17) is 9.84 Å². The number of nitrogens with one attached hydrogen (secondary N) is 1. The Labute approximate surface area is 278 Å². The van der Waals surface area contributed by atoms with Gasteiger partial charge in [0.1, 0.15) is 6.61 Å². The summed E-state index contributed by atoms with van der Waals surface area (Å²) in [6.45, 7) is 25.1. The highest BCUT2D eigenvalue weighted by molar-refractivity contribution is 5.87. The summed E-state index contributed by atoms with van der Waals surface area (Å²) in [5.41, 5.74) is 4.94. The SMILES string of the molecule is CC/C(C)=N\OC(=O)NCCOC(=O)C(C)(C)CC.CCC(C)c1ccc(C(=O)O)cc1.CCC(C)c1ccc(C(C)(C)C)cc1. The number of aromatic carboxylic acids is 1. The van der Waals surface area contributed by atoms with Crippen molar-refractivity contribution in [2.75, 3.05) is 13.2 Å². The summed E-state index contributed by atoms with van der Waals surface area (Å²) < 4.78 is 5.05. The normalized spacial score (nSPS) is 12.7. The zero-order valence-corrected chi connectivity index (χ0v) is 30.5. The molecule has 8 nitrogen and oxygen atoms in total. The van der Waals surface area contributed by atoms with Crippen LogP contribution in [0.1, 0.15) is 148 Å². The number of carboxylic acids is 1. The number of nitrogens with zero attached hydrogens (tertiary/aromatic N) is 1. The Morgan fingerprint density at radius 1 is 0.826 bits per heavy atom. The Bertz CT molecular complexity index is 1210. The highest BCUT2D eigenvalue weighted by Gasteiger charge is 2.26. The van der Waals surface area contributed by atoms with Gasteiger partial charge in [-0.2, -0.15) is 0 Å². The molecule has 2 N–H and O–H groups in total. The molecule has 0 aliphatic carbocycles. The molecule has 0 saturated heterocycles. The molecule has 0 aliphatic rings. The van der Waals surface area contributed by atoms with Gasteiger partial charge in [-0.3, -0.25) is 9.63 Å². The molecule has 0 saturated carbocycles. The second-order valence-electron chi connectivity index (χ2n) is 13.3. The van der Waals surface area contributed by atoms with E-state index >= 15 is 0 Å².